The van der Waals surface area contributed by atoms with Gasteiger partial charge in [0.15, 0.2) is 0 Å². The summed E-state index contributed by atoms with van der Waals surface area (Å²) in [6.07, 6.45) is 2.81. The number of nitrogens with zero attached hydrogens (tertiary/aromatic N) is 1. The van der Waals surface area contributed by atoms with Crippen molar-refractivity contribution < 1.29 is 9.90 Å². The van der Waals surface area contributed by atoms with Gasteiger partial charge in [-0.05, 0) is 18.6 Å². The van der Waals surface area contributed by atoms with E-state index in [-0.39, 0.29) is 12.0 Å². The molecule has 0 aromatic rings. The van der Waals surface area contributed by atoms with Gasteiger partial charge in [-0.2, -0.15) is 11.8 Å². The normalized spacial score (nSPS) is 21.6. The van der Waals surface area contributed by atoms with Crippen molar-refractivity contribution in [2.45, 2.75) is 32.3 Å². The lowest BCUT2D eigenvalue weighted by Crippen LogP contribution is -2.31. The topological polar surface area (TPSA) is 40.5 Å². The number of carbonyl (C=O) groups is 1. The van der Waals surface area contributed by atoms with E-state index in [2.05, 4.69) is 6.92 Å². The fraction of sp³-hybridized carbons (Fsp3) is 0.900. The van der Waals surface area contributed by atoms with Gasteiger partial charge in [-0.1, -0.05) is 13.3 Å². The summed E-state index contributed by atoms with van der Waals surface area (Å²) in [4.78, 5) is 13.3. The fourth-order valence-electron chi connectivity index (χ4n) is 1.47. The third-order valence-electron chi connectivity index (χ3n) is 2.38. The largest absolute Gasteiger partial charge is 0.391 e. The zero-order valence-corrected chi connectivity index (χ0v) is 9.55. The molecule has 0 saturated carbocycles. The minimum Gasteiger partial charge on any atom is -0.391 e. The molecule has 14 heavy (non-hydrogen) atoms. The van der Waals surface area contributed by atoms with Crippen molar-refractivity contribution in [3.05, 3.63) is 0 Å². The summed E-state index contributed by atoms with van der Waals surface area (Å²) < 4.78 is 0. The highest BCUT2D eigenvalue weighted by Crippen LogP contribution is 2.12. The van der Waals surface area contributed by atoms with Crippen LogP contribution in [0.25, 0.3) is 0 Å². The quantitative estimate of drug-likeness (QED) is 0.701. The van der Waals surface area contributed by atoms with Gasteiger partial charge in [-0.25, -0.2) is 0 Å². The molecule has 0 radical (unpaired) electrons. The van der Waals surface area contributed by atoms with Crippen LogP contribution in [-0.2, 0) is 4.79 Å². The summed E-state index contributed by atoms with van der Waals surface area (Å²) in [7, 11) is 0. The standard InChI is InChI=1S/C10H19NO2S/c1-2-3-6-14-8-10(13)11-5-4-9(12)7-11/h9,12H,2-8H2,1H3/t9-/m0/s1. The molecular formula is C10H19NO2S. The highest BCUT2D eigenvalue weighted by molar-refractivity contribution is 7.99. The Hall–Kier alpha value is -0.220. The van der Waals surface area contributed by atoms with E-state index in [4.69, 9.17) is 0 Å². The molecule has 0 aliphatic carbocycles. The minimum absolute atomic E-state index is 0.183. The molecule has 4 heteroatoms. The monoisotopic (exact) mass is 217 g/mol. The predicted octanol–water partition coefficient (Wildman–Crippen LogP) is 1.11. The zero-order chi connectivity index (χ0) is 10.4. The number of thioether (sulfide) groups is 1. The SMILES string of the molecule is CCCCSCC(=O)N1CC[C@H](O)C1. The van der Waals surface area contributed by atoms with Crippen LogP contribution < -0.4 is 0 Å². The van der Waals surface area contributed by atoms with Gasteiger partial charge in [-0.3, -0.25) is 4.79 Å². The molecule has 1 amide bonds. The molecule has 0 bridgehead atoms. The van der Waals surface area contributed by atoms with Crippen LogP contribution in [0.2, 0.25) is 0 Å². The molecule has 1 heterocycles. The fourth-order valence-corrected chi connectivity index (χ4v) is 2.46. The molecule has 1 N–H and O–H groups in total. The molecule has 0 aromatic heterocycles. The molecule has 1 aliphatic heterocycles. The van der Waals surface area contributed by atoms with E-state index in [1.807, 2.05) is 0 Å². The summed E-state index contributed by atoms with van der Waals surface area (Å²) in [5.74, 6) is 1.83. The molecule has 1 rings (SSSR count). The molecule has 0 aromatic carbocycles. The highest BCUT2D eigenvalue weighted by Gasteiger charge is 2.23. The van der Waals surface area contributed by atoms with Crippen molar-refractivity contribution in [1.29, 1.82) is 0 Å². The molecule has 3 nitrogen and oxygen atoms in total. The molecular weight excluding hydrogens is 198 g/mol. The Kier molecular flexibility index (Phi) is 5.33. The van der Waals surface area contributed by atoms with Crippen LogP contribution in [-0.4, -0.2) is 46.6 Å². The maximum atomic E-state index is 11.5. The van der Waals surface area contributed by atoms with Crippen LogP contribution >= 0.6 is 11.8 Å². The summed E-state index contributed by atoms with van der Waals surface area (Å²) in [6, 6.07) is 0. The third-order valence-corrected chi connectivity index (χ3v) is 3.41. The summed E-state index contributed by atoms with van der Waals surface area (Å²) in [6.45, 7) is 3.42. The number of unbranched alkanes of at least 4 members (excludes halogenated alkanes) is 1. The second-order valence-corrected chi connectivity index (χ2v) is 4.79. The Morgan fingerprint density at radius 3 is 3.00 bits per heavy atom. The lowest BCUT2D eigenvalue weighted by atomic mass is 10.3. The third kappa shape index (κ3) is 3.88. The van der Waals surface area contributed by atoms with Crippen LogP contribution in [0, 0.1) is 0 Å². The van der Waals surface area contributed by atoms with E-state index >= 15 is 0 Å². The number of amides is 1. The zero-order valence-electron chi connectivity index (χ0n) is 8.74. The number of rotatable bonds is 5. The van der Waals surface area contributed by atoms with Crippen molar-refractivity contribution in [1.82, 2.24) is 4.90 Å². The number of hydrogen-bond donors (Lipinski definition) is 1. The Morgan fingerprint density at radius 2 is 2.43 bits per heavy atom. The van der Waals surface area contributed by atoms with Gasteiger partial charge in [0.2, 0.25) is 5.91 Å². The minimum atomic E-state index is -0.292. The van der Waals surface area contributed by atoms with Gasteiger partial charge in [-0.15, -0.1) is 0 Å². The first-order valence-electron chi connectivity index (χ1n) is 5.27. The van der Waals surface area contributed by atoms with E-state index in [1.165, 1.54) is 12.8 Å². The Labute approximate surface area is 89.9 Å². The second-order valence-electron chi connectivity index (χ2n) is 3.69. The van der Waals surface area contributed by atoms with E-state index in [9.17, 15) is 9.90 Å². The van der Waals surface area contributed by atoms with Crippen LogP contribution in [0.4, 0.5) is 0 Å². The predicted molar refractivity (Wildman–Crippen MR) is 59.4 cm³/mol. The van der Waals surface area contributed by atoms with Gasteiger partial charge in [0, 0.05) is 13.1 Å². The van der Waals surface area contributed by atoms with Crippen LogP contribution in [0.15, 0.2) is 0 Å². The summed E-state index contributed by atoms with van der Waals surface area (Å²) in [5, 5.41) is 9.26. The Bertz CT molecular complexity index is 187. The first kappa shape index (κ1) is 11.9. The van der Waals surface area contributed by atoms with Crippen LogP contribution in [0.5, 0.6) is 0 Å². The van der Waals surface area contributed by atoms with E-state index in [0.717, 1.165) is 18.7 Å². The van der Waals surface area contributed by atoms with Crippen molar-refractivity contribution in [3.63, 3.8) is 0 Å². The molecule has 1 saturated heterocycles. The first-order valence-corrected chi connectivity index (χ1v) is 6.43. The number of aliphatic hydroxyl groups is 1. The van der Waals surface area contributed by atoms with Crippen molar-refractivity contribution in [2.24, 2.45) is 0 Å². The average Bonchev–Trinajstić information content (AvgIpc) is 2.59. The number of likely N-dealkylation sites (tertiary alicyclic amines) is 1. The van der Waals surface area contributed by atoms with Gasteiger partial charge in [0.05, 0.1) is 11.9 Å². The second kappa shape index (κ2) is 6.30. The summed E-state index contributed by atoms with van der Waals surface area (Å²) >= 11 is 1.70. The number of β-amino-alcohol motifs (C(OH)–C–C–N with tert-alkyl or cyclic N) is 1. The Morgan fingerprint density at radius 1 is 1.64 bits per heavy atom. The molecule has 0 unspecified atom stereocenters. The van der Waals surface area contributed by atoms with E-state index in [0.29, 0.717) is 12.3 Å². The number of carbonyl (C=O) groups excluding carboxylic acids is 1. The van der Waals surface area contributed by atoms with Crippen LogP contribution in [0.3, 0.4) is 0 Å². The lowest BCUT2D eigenvalue weighted by Gasteiger charge is -2.14. The average molecular weight is 217 g/mol. The maximum Gasteiger partial charge on any atom is 0.232 e. The molecule has 1 aliphatic rings. The van der Waals surface area contributed by atoms with Crippen molar-refractivity contribution in [2.75, 3.05) is 24.6 Å². The van der Waals surface area contributed by atoms with Gasteiger partial charge in [0.25, 0.3) is 0 Å². The van der Waals surface area contributed by atoms with Crippen molar-refractivity contribution >= 4 is 17.7 Å². The van der Waals surface area contributed by atoms with E-state index in [1.54, 1.807) is 16.7 Å². The smallest absolute Gasteiger partial charge is 0.232 e. The van der Waals surface area contributed by atoms with Gasteiger partial charge in [0.1, 0.15) is 0 Å². The first-order chi connectivity index (χ1) is 6.74. The lowest BCUT2D eigenvalue weighted by molar-refractivity contribution is -0.127. The van der Waals surface area contributed by atoms with E-state index < -0.39 is 0 Å². The summed E-state index contributed by atoms with van der Waals surface area (Å²) in [5.41, 5.74) is 0. The highest BCUT2D eigenvalue weighted by atomic mass is 32.2. The van der Waals surface area contributed by atoms with Crippen LogP contribution in [0.1, 0.15) is 26.2 Å². The van der Waals surface area contributed by atoms with Gasteiger partial charge >= 0.3 is 0 Å². The van der Waals surface area contributed by atoms with Gasteiger partial charge < -0.3 is 10.0 Å². The van der Waals surface area contributed by atoms with Crippen molar-refractivity contribution in [3.8, 4) is 0 Å². The number of aliphatic hydroxyl groups excluding tert-OH is 1. The maximum absolute atomic E-state index is 11.5. The number of hydrogen-bond acceptors (Lipinski definition) is 3. The Balaban J connectivity index is 2.09. The molecule has 1 atom stereocenters. The molecule has 0 spiro atoms. The molecule has 1 fully saturated rings. The molecule has 82 valence electrons.